The summed E-state index contributed by atoms with van der Waals surface area (Å²) in [5, 5.41) is 4.01. The topological polar surface area (TPSA) is 81.7 Å². The number of carbonyl (C=O) groups is 3. The molecule has 8 heteroatoms. The summed E-state index contributed by atoms with van der Waals surface area (Å²) >= 11 is 1.10. The van der Waals surface area contributed by atoms with E-state index in [1.807, 2.05) is 0 Å². The standard InChI is InChI=1S/C21H24FNO5S/c1-5-27-18(25)21(22,17(24)14-10-7-6-8-11-14)16(15-12-9-13-29-15)23-19(26)28-20(2,3)4/h6-13,16H,5H2,1-4H3,(H,23,26)/t16-,21-/m0/s1. The van der Waals surface area contributed by atoms with E-state index in [1.165, 1.54) is 25.1 Å². The first kappa shape index (κ1) is 22.5. The molecule has 0 aliphatic heterocycles. The van der Waals surface area contributed by atoms with Crippen LogP contribution in [0.1, 0.15) is 49.0 Å². The van der Waals surface area contributed by atoms with Gasteiger partial charge in [-0.3, -0.25) is 4.79 Å². The average molecular weight is 421 g/mol. The van der Waals surface area contributed by atoms with Gasteiger partial charge in [0, 0.05) is 10.4 Å². The predicted octanol–water partition coefficient (Wildman–Crippen LogP) is 4.47. The fourth-order valence-electron chi connectivity index (χ4n) is 2.62. The van der Waals surface area contributed by atoms with Crippen LogP contribution in [0.2, 0.25) is 0 Å². The number of nitrogens with one attached hydrogen (secondary N) is 1. The van der Waals surface area contributed by atoms with Crippen molar-refractivity contribution in [2.75, 3.05) is 6.61 Å². The van der Waals surface area contributed by atoms with Gasteiger partial charge in [-0.05, 0) is 39.1 Å². The molecule has 0 saturated heterocycles. The molecule has 0 spiro atoms. The van der Waals surface area contributed by atoms with Gasteiger partial charge in [0.1, 0.15) is 11.6 Å². The zero-order valence-corrected chi connectivity index (χ0v) is 17.5. The van der Waals surface area contributed by atoms with Crippen LogP contribution in [0.15, 0.2) is 47.8 Å². The number of amides is 1. The van der Waals surface area contributed by atoms with E-state index in [0.717, 1.165) is 11.3 Å². The summed E-state index contributed by atoms with van der Waals surface area (Å²) in [4.78, 5) is 38.5. The Labute approximate surface area is 173 Å². The van der Waals surface area contributed by atoms with Gasteiger partial charge in [0.05, 0.1) is 6.61 Å². The number of esters is 1. The summed E-state index contributed by atoms with van der Waals surface area (Å²) in [6.45, 7) is 6.32. The molecule has 0 aliphatic rings. The Morgan fingerprint density at radius 1 is 1.10 bits per heavy atom. The summed E-state index contributed by atoms with van der Waals surface area (Å²) in [7, 11) is 0. The maximum absolute atomic E-state index is 16.4. The van der Waals surface area contributed by atoms with Gasteiger partial charge in [0.2, 0.25) is 5.78 Å². The lowest BCUT2D eigenvalue weighted by Gasteiger charge is -2.31. The van der Waals surface area contributed by atoms with Gasteiger partial charge >= 0.3 is 12.1 Å². The van der Waals surface area contributed by atoms with Crippen LogP contribution in [0.5, 0.6) is 0 Å². The second-order valence-corrected chi connectivity index (χ2v) is 8.20. The van der Waals surface area contributed by atoms with Crippen LogP contribution in [0.4, 0.5) is 9.18 Å². The molecule has 1 aromatic heterocycles. The number of halogens is 1. The van der Waals surface area contributed by atoms with Gasteiger partial charge < -0.3 is 14.8 Å². The average Bonchev–Trinajstić information content (AvgIpc) is 3.18. The van der Waals surface area contributed by atoms with Crippen molar-refractivity contribution in [2.45, 2.75) is 45.0 Å². The maximum atomic E-state index is 16.4. The van der Waals surface area contributed by atoms with Crippen LogP contribution in [-0.2, 0) is 14.3 Å². The van der Waals surface area contributed by atoms with Crippen LogP contribution in [0.3, 0.4) is 0 Å². The summed E-state index contributed by atoms with van der Waals surface area (Å²) in [5.41, 5.74) is -4.05. The number of hydrogen-bond acceptors (Lipinski definition) is 6. The number of carbonyl (C=O) groups excluding carboxylic acids is 3. The molecule has 2 aromatic rings. The zero-order valence-electron chi connectivity index (χ0n) is 16.7. The molecular weight excluding hydrogens is 397 g/mol. The Morgan fingerprint density at radius 3 is 2.28 bits per heavy atom. The molecule has 0 fully saturated rings. The van der Waals surface area contributed by atoms with E-state index in [2.05, 4.69) is 5.32 Å². The van der Waals surface area contributed by atoms with Gasteiger partial charge in [0.25, 0.3) is 5.67 Å². The molecule has 1 heterocycles. The molecule has 1 aromatic carbocycles. The van der Waals surface area contributed by atoms with E-state index in [4.69, 9.17) is 9.47 Å². The van der Waals surface area contributed by atoms with E-state index < -0.39 is 35.2 Å². The molecule has 2 atom stereocenters. The molecular formula is C21H24FNO5S. The normalized spacial score (nSPS) is 14.4. The first-order valence-electron chi connectivity index (χ1n) is 9.08. The lowest BCUT2D eigenvalue weighted by molar-refractivity contribution is -0.155. The van der Waals surface area contributed by atoms with Gasteiger partial charge in [0.15, 0.2) is 0 Å². The highest BCUT2D eigenvalue weighted by Crippen LogP contribution is 2.37. The number of thiophene rings is 1. The molecule has 1 N–H and O–H groups in total. The predicted molar refractivity (Wildman–Crippen MR) is 108 cm³/mol. The highest BCUT2D eigenvalue weighted by molar-refractivity contribution is 7.10. The molecule has 2 rings (SSSR count). The van der Waals surface area contributed by atoms with Crippen LogP contribution in [0.25, 0.3) is 0 Å². The SMILES string of the molecule is CCOC(=O)[C@@](F)(C(=O)c1ccccc1)[C@@H](NC(=O)OC(C)(C)C)c1cccs1. The second kappa shape index (κ2) is 9.17. The van der Waals surface area contributed by atoms with Crippen molar-refractivity contribution >= 4 is 29.2 Å². The number of ether oxygens (including phenoxy) is 2. The molecule has 1 amide bonds. The van der Waals surface area contributed by atoms with Gasteiger partial charge in [-0.2, -0.15) is 0 Å². The fraction of sp³-hybridized carbons (Fsp3) is 0.381. The minimum Gasteiger partial charge on any atom is -0.463 e. The third-order valence-electron chi connectivity index (χ3n) is 3.83. The summed E-state index contributed by atoms with van der Waals surface area (Å²) in [5.74, 6) is -2.48. The number of Topliss-reactive ketones (excluding diaryl/α,β-unsaturated/α-hetero) is 1. The Kier molecular flexibility index (Phi) is 7.13. The maximum Gasteiger partial charge on any atom is 0.408 e. The number of rotatable bonds is 7. The third kappa shape index (κ3) is 5.41. The minimum atomic E-state index is -3.18. The van der Waals surface area contributed by atoms with Crippen LogP contribution in [-0.4, -0.2) is 35.7 Å². The van der Waals surface area contributed by atoms with Crippen LogP contribution < -0.4 is 5.32 Å². The van der Waals surface area contributed by atoms with E-state index in [0.29, 0.717) is 0 Å². The Balaban J connectivity index is 2.53. The van der Waals surface area contributed by atoms with Crippen molar-refractivity contribution in [1.82, 2.24) is 5.32 Å². The highest BCUT2D eigenvalue weighted by Gasteiger charge is 2.56. The van der Waals surface area contributed by atoms with Crippen molar-refractivity contribution in [2.24, 2.45) is 0 Å². The molecule has 29 heavy (non-hydrogen) atoms. The summed E-state index contributed by atoms with van der Waals surface area (Å²) in [6.07, 6.45) is -0.955. The number of alkyl carbamates (subject to hydrolysis) is 1. The zero-order chi connectivity index (χ0) is 21.7. The molecule has 0 saturated carbocycles. The van der Waals surface area contributed by atoms with Crippen LogP contribution >= 0.6 is 11.3 Å². The van der Waals surface area contributed by atoms with Crippen molar-refractivity contribution in [3.05, 3.63) is 58.3 Å². The molecule has 156 valence electrons. The van der Waals surface area contributed by atoms with Crippen molar-refractivity contribution < 1.29 is 28.2 Å². The molecule has 6 nitrogen and oxygen atoms in total. The third-order valence-corrected chi connectivity index (χ3v) is 4.76. The Hall–Kier alpha value is -2.74. The Morgan fingerprint density at radius 2 is 1.76 bits per heavy atom. The van der Waals surface area contributed by atoms with E-state index >= 15 is 4.39 Å². The monoisotopic (exact) mass is 421 g/mol. The first-order valence-corrected chi connectivity index (χ1v) is 9.96. The second-order valence-electron chi connectivity index (χ2n) is 7.22. The molecule has 0 unspecified atom stereocenters. The van der Waals surface area contributed by atoms with E-state index in [9.17, 15) is 14.4 Å². The molecule has 0 radical (unpaired) electrons. The van der Waals surface area contributed by atoms with Crippen molar-refractivity contribution in [3.8, 4) is 0 Å². The van der Waals surface area contributed by atoms with Crippen molar-refractivity contribution in [3.63, 3.8) is 0 Å². The van der Waals surface area contributed by atoms with E-state index in [1.54, 1.807) is 50.4 Å². The fourth-order valence-corrected chi connectivity index (χ4v) is 3.45. The minimum absolute atomic E-state index is 0.0180. The van der Waals surface area contributed by atoms with Crippen LogP contribution in [0, 0.1) is 0 Å². The first-order chi connectivity index (χ1) is 13.6. The lowest BCUT2D eigenvalue weighted by atomic mass is 9.86. The molecule has 0 aliphatic carbocycles. The largest absolute Gasteiger partial charge is 0.463 e. The smallest absolute Gasteiger partial charge is 0.408 e. The summed E-state index contributed by atoms with van der Waals surface area (Å²) < 4.78 is 26.5. The number of hydrogen-bond donors (Lipinski definition) is 1. The quantitative estimate of drug-likeness (QED) is 0.405. The Bertz CT molecular complexity index is 848. The number of alkyl halides is 1. The number of ketones is 1. The van der Waals surface area contributed by atoms with Gasteiger partial charge in [-0.25, -0.2) is 14.0 Å². The van der Waals surface area contributed by atoms with Gasteiger partial charge in [-0.1, -0.05) is 36.4 Å². The van der Waals surface area contributed by atoms with Crippen molar-refractivity contribution in [1.29, 1.82) is 0 Å². The molecule has 0 bridgehead atoms. The van der Waals surface area contributed by atoms with E-state index in [-0.39, 0.29) is 17.0 Å². The highest BCUT2D eigenvalue weighted by atomic mass is 32.1. The number of benzene rings is 1. The van der Waals surface area contributed by atoms with Gasteiger partial charge in [-0.15, -0.1) is 11.3 Å². The summed E-state index contributed by atoms with van der Waals surface area (Å²) in [6, 6.07) is 9.10. The lowest BCUT2D eigenvalue weighted by Crippen LogP contribution is -2.54.